The largest absolute Gasteiger partial charge is 0.348 e. The minimum Gasteiger partial charge on any atom is -0.348 e. The molecule has 1 fully saturated rings. The normalized spacial score (nSPS) is 24.6. The molecule has 1 aliphatic rings. The fourth-order valence-electron chi connectivity index (χ4n) is 2.29. The van der Waals surface area contributed by atoms with Crippen LogP contribution in [0.15, 0.2) is 0 Å². The summed E-state index contributed by atoms with van der Waals surface area (Å²) in [6.07, 6.45) is 0. The van der Waals surface area contributed by atoms with Crippen LogP contribution in [0.3, 0.4) is 0 Å². The number of nitrogen functional groups attached to an aromatic ring is 1. The number of hydrogen-bond donors (Lipinski definition) is 2. The van der Waals surface area contributed by atoms with Crippen LogP contribution in [0.1, 0.15) is 13.8 Å². The smallest absolute Gasteiger partial charge is 0.226 e. The van der Waals surface area contributed by atoms with E-state index < -0.39 is 5.82 Å². The number of halogens is 2. The average molecular weight is 289 g/mol. The van der Waals surface area contributed by atoms with E-state index >= 15 is 0 Å². The summed E-state index contributed by atoms with van der Waals surface area (Å²) < 4.78 is 14.3. The zero-order valence-electron chi connectivity index (χ0n) is 11.2. The Morgan fingerprint density at radius 3 is 2.63 bits per heavy atom. The minimum atomic E-state index is -0.574. The van der Waals surface area contributed by atoms with Gasteiger partial charge in [-0.3, -0.25) is 4.90 Å². The van der Waals surface area contributed by atoms with E-state index in [1.54, 1.807) is 0 Å². The molecule has 2 rings (SSSR count). The van der Waals surface area contributed by atoms with Crippen LogP contribution in [0.2, 0.25) is 5.28 Å². The van der Waals surface area contributed by atoms with Gasteiger partial charge in [0, 0.05) is 25.2 Å². The van der Waals surface area contributed by atoms with E-state index in [2.05, 4.69) is 34.3 Å². The fraction of sp³-hybridized carbons (Fsp3) is 0.636. The Hall–Kier alpha value is -1.18. The van der Waals surface area contributed by atoms with Gasteiger partial charge in [-0.25, -0.2) is 5.84 Å². The summed E-state index contributed by atoms with van der Waals surface area (Å²) in [7, 11) is 2.05. The molecule has 0 spiro atoms. The lowest BCUT2D eigenvalue weighted by Gasteiger charge is -2.43. The second kappa shape index (κ2) is 5.44. The lowest BCUT2D eigenvalue weighted by atomic mass is 10.1. The number of aromatic nitrogens is 2. The molecule has 0 bridgehead atoms. The molecule has 1 saturated heterocycles. The van der Waals surface area contributed by atoms with Gasteiger partial charge in [0.15, 0.2) is 11.6 Å². The summed E-state index contributed by atoms with van der Waals surface area (Å²) >= 11 is 5.81. The number of nitrogens with one attached hydrogen (secondary N) is 1. The highest BCUT2D eigenvalue weighted by Gasteiger charge is 2.30. The zero-order valence-corrected chi connectivity index (χ0v) is 11.9. The van der Waals surface area contributed by atoms with Crippen LogP contribution in [0.5, 0.6) is 0 Å². The number of nitrogens with zero attached hydrogens (tertiary/aromatic N) is 4. The first kappa shape index (κ1) is 14.2. The molecule has 8 heteroatoms. The Balaban J connectivity index is 2.38. The molecule has 1 aromatic heterocycles. The molecule has 2 atom stereocenters. The van der Waals surface area contributed by atoms with Crippen molar-refractivity contribution in [1.82, 2.24) is 14.9 Å². The van der Waals surface area contributed by atoms with Gasteiger partial charge in [-0.05, 0) is 32.5 Å². The van der Waals surface area contributed by atoms with E-state index in [-0.39, 0.29) is 23.0 Å². The number of nitrogens with two attached hydrogens (primary N) is 1. The molecule has 1 aromatic rings. The monoisotopic (exact) mass is 288 g/mol. The second-order valence-electron chi connectivity index (χ2n) is 4.91. The zero-order chi connectivity index (χ0) is 14.2. The van der Waals surface area contributed by atoms with Crippen LogP contribution in [0.4, 0.5) is 16.0 Å². The van der Waals surface area contributed by atoms with Crippen LogP contribution >= 0.6 is 11.6 Å². The molecular formula is C11H18ClFN6. The van der Waals surface area contributed by atoms with Crippen LogP contribution in [-0.4, -0.2) is 47.1 Å². The third-order valence-corrected chi connectivity index (χ3v) is 3.68. The van der Waals surface area contributed by atoms with Crippen molar-refractivity contribution in [1.29, 1.82) is 0 Å². The maximum atomic E-state index is 14.3. The molecule has 0 aromatic carbocycles. The quantitative estimate of drug-likeness (QED) is 0.482. The van der Waals surface area contributed by atoms with E-state index in [9.17, 15) is 4.39 Å². The molecular weight excluding hydrogens is 271 g/mol. The van der Waals surface area contributed by atoms with Crippen molar-refractivity contribution >= 4 is 23.2 Å². The van der Waals surface area contributed by atoms with Gasteiger partial charge < -0.3 is 10.3 Å². The molecule has 19 heavy (non-hydrogen) atoms. The first-order valence-electron chi connectivity index (χ1n) is 6.10. The highest BCUT2D eigenvalue weighted by Crippen LogP contribution is 2.27. The van der Waals surface area contributed by atoms with Crippen LogP contribution in [0.25, 0.3) is 0 Å². The summed E-state index contributed by atoms with van der Waals surface area (Å²) in [5.41, 5.74) is 2.20. The van der Waals surface area contributed by atoms with Crippen molar-refractivity contribution in [2.75, 3.05) is 30.5 Å². The van der Waals surface area contributed by atoms with Gasteiger partial charge in [-0.1, -0.05) is 0 Å². The van der Waals surface area contributed by atoms with Gasteiger partial charge in [-0.2, -0.15) is 14.4 Å². The molecule has 1 aliphatic heterocycles. The first-order valence-corrected chi connectivity index (χ1v) is 6.48. The van der Waals surface area contributed by atoms with Crippen LogP contribution in [0, 0.1) is 5.82 Å². The van der Waals surface area contributed by atoms with Gasteiger partial charge in [0.2, 0.25) is 11.1 Å². The van der Waals surface area contributed by atoms with Gasteiger partial charge >= 0.3 is 0 Å². The van der Waals surface area contributed by atoms with Crippen LogP contribution < -0.4 is 16.2 Å². The topological polar surface area (TPSA) is 70.3 Å². The summed E-state index contributed by atoms with van der Waals surface area (Å²) in [4.78, 5) is 11.8. The Morgan fingerprint density at radius 2 is 2.00 bits per heavy atom. The van der Waals surface area contributed by atoms with E-state index in [0.717, 1.165) is 6.54 Å². The molecule has 106 valence electrons. The maximum absolute atomic E-state index is 14.3. The molecule has 2 heterocycles. The second-order valence-corrected chi connectivity index (χ2v) is 5.25. The molecule has 0 unspecified atom stereocenters. The number of likely N-dealkylation sites (N-methyl/N-ethyl adjacent to an activating group) is 1. The first-order chi connectivity index (χ1) is 8.93. The highest BCUT2D eigenvalue weighted by molar-refractivity contribution is 6.28. The number of piperazine rings is 1. The minimum absolute atomic E-state index is 0.0249. The van der Waals surface area contributed by atoms with E-state index in [1.165, 1.54) is 0 Å². The average Bonchev–Trinajstić information content (AvgIpc) is 2.36. The van der Waals surface area contributed by atoms with Crippen molar-refractivity contribution in [2.45, 2.75) is 25.9 Å². The van der Waals surface area contributed by atoms with E-state index in [1.807, 2.05) is 11.8 Å². The van der Waals surface area contributed by atoms with Gasteiger partial charge in [0.05, 0.1) is 0 Å². The molecule has 3 N–H and O–H groups in total. The predicted molar refractivity (Wildman–Crippen MR) is 73.7 cm³/mol. The molecule has 0 radical (unpaired) electrons. The summed E-state index contributed by atoms with van der Waals surface area (Å²) in [5.74, 6) is 4.77. The SMILES string of the molecule is C[C@H]1CN(c2nc(Cl)nc(NN)c2F)[C@@H](C)CN1C. The third-order valence-electron chi connectivity index (χ3n) is 3.51. The molecule has 6 nitrogen and oxygen atoms in total. The lowest BCUT2D eigenvalue weighted by molar-refractivity contribution is 0.204. The van der Waals surface area contributed by atoms with Crippen LogP contribution in [-0.2, 0) is 0 Å². The van der Waals surface area contributed by atoms with Gasteiger partial charge in [0.1, 0.15) is 0 Å². The number of hydrogen-bond acceptors (Lipinski definition) is 6. The Bertz CT molecular complexity index is 471. The summed E-state index contributed by atoms with van der Waals surface area (Å²) in [5, 5.41) is -0.0249. The number of hydrazine groups is 1. The number of anilines is 2. The third kappa shape index (κ3) is 2.72. The highest BCUT2D eigenvalue weighted by atomic mass is 35.5. The lowest BCUT2D eigenvalue weighted by Crippen LogP contribution is -2.55. The van der Waals surface area contributed by atoms with E-state index in [0.29, 0.717) is 12.6 Å². The molecule has 0 aliphatic carbocycles. The Morgan fingerprint density at radius 1 is 1.32 bits per heavy atom. The van der Waals surface area contributed by atoms with Crippen molar-refractivity contribution in [2.24, 2.45) is 5.84 Å². The molecule has 0 saturated carbocycles. The number of rotatable bonds is 2. The van der Waals surface area contributed by atoms with Crippen molar-refractivity contribution in [3.63, 3.8) is 0 Å². The van der Waals surface area contributed by atoms with E-state index in [4.69, 9.17) is 17.4 Å². The predicted octanol–water partition coefficient (Wildman–Crippen LogP) is 1.08. The summed E-state index contributed by atoms with van der Waals surface area (Å²) in [6.45, 7) is 5.61. The van der Waals surface area contributed by atoms with Crippen molar-refractivity contribution < 1.29 is 4.39 Å². The van der Waals surface area contributed by atoms with Gasteiger partial charge in [0.25, 0.3) is 0 Å². The fourth-order valence-corrected chi connectivity index (χ4v) is 2.45. The Labute approximate surface area is 116 Å². The standard InChI is InChI=1S/C11H18ClFN6/c1-6-5-19(7(2)4-18(6)3)10-8(13)9(17-14)15-11(12)16-10/h6-7H,4-5,14H2,1-3H3,(H,15,16,17)/t6-,7-/m0/s1. The van der Waals surface area contributed by atoms with Gasteiger partial charge in [-0.15, -0.1) is 0 Å². The van der Waals surface area contributed by atoms with Crippen molar-refractivity contribution in [3.05, 3.63) is 11.1 Å². The Kier molecular flexibility index (Phi) is 4.07. The van der Waals surface area contributed by atoms with Crippen molar-refractivity contribution in [3.8, 4) is 0 Å². The molecule has 0 amide bonds. The maximum Gasteiger partial charge on any atom is 0.226 e. The summed E-state index contributed by atoms with van der Waals surface area (Å²) in [6, 6.07) is 0.436.